The molecule has 42 heavy (non-hydrogen) atoms. The number of aromatic hydroxyl groups is 1. The van der Waals surface area contributed by atoms with Gasteiger partial charge in [0.2, 0.25) is 5.78 Å². The molecular weight excluding hydrogens is 542 g/mol. The van der Waals surface area contributed by atoms with E-state index < -0.39 is 58.0 Å². The van der Waals surface area contributed by atoms with Crippen LogP contribution < -0.4 is 10.5 Å². The smallest absolute Gasteiger partial charge is 0.255 e. The van der Waals surface area contributed by atoms with Gasteiger partial charge in [0, 0.05) is 23.6 Å². The molecule has 11 heteroatoms. The van der Waals surface area contributed by atoms with Gasteiger partial charge in [-0.3, -0.25) is 19.3 Å². The Labute approximate surface area is 243 Å². The number of fused-ring (bicyclic) bond motifs is 3. The van der Waals surface area contributed by atoms with E-state index in [-0.39, 0.29) is 29.7 Å². The van der Waals surface area contributed by atoms with Crippen LogP contribution >= 0.6 is 0 Å². The zero-order valence-corrected chi connectivity index (χ0v) is 24.1. The SMILES string of the molecule is COc1ccc(CN(C)C)cc1-c1ccc(O)c2c1CC1CC3C(N(C)C)C(=O)C(C(N)=O)=C(O)C3(O)C(=O)C1=C2O. The number of hydrogen-bond acceptors (Lipinski definition) is 10. The third kappa shape index (κ3) is 4.19. The molecule has 3 aliphatic carbocycles. The summed E-state index contributed by atoms with van der Waals surface area (Å²) in [6.45, 7) is 0.661. The van der Waals surface area contributed by atoms with Gasteiger partial charge >= 0.3 is 0 Å². The van der Waals surface area contributed by atoms with Crippen molar-refractivity contribution in [3.8, 4) is 22.6 Å². The average molecular weight is 578 g/mol. The van der Waals surface area contributed by atoms with Crippen molar-refractivity contribution in [2.45, 2.75) is 31.0 Å². The van der Waals surface area contributed by atoms with Crippen LogP contribution in [0.2, 0.25) is 0 Å². The lowest BCUT2D eigenvalue weighted by molar-refractivity contribution is -0.153. The van der Waals surface area contributed by atoms with Gasteiger partial charge in [0.15, 0.2) is 11.4 Å². The molecule has 4 unspecified atom stereocenters. The number of carbonyl (C=O) groups is 3. The van der Waals surface area contributed by atoms with E-state index in [0.717, 1.165) is 11.1 Å². The molecule has 4 atom stereocenters. The largest absolute Gasteiger partial charge is 0.508 e. The summed E-state index contributed by atoms with van der Waals surface area (Å²) < 4.78 is 5.66. The van der Waals surface area contributed by atoms with Gasteiger partial charge in [-0.25, -0.2) is 0 Å². The number of rotatable bonds is 6. The fourth-order valence-electron chi connectivity index (χ4n) is 6.93. The van der Waals surface area contributed by atoms with Crippen LogP contribution in [-0.2, 0) is 27.3 Å². The fraction of sp³-hybridized carbons (Fsp3) is 0.387. The van der Waals surface area contributed by atoms with Crippen molar-refractivity contribution in [1.82, 2.24) is 9.80 Å². The lowest BCUT2D eigenvalue weighted by Crippen LogP contribution is -2.65. The zero-order valence-electron chi connectivity index (χ0n) is 24.1. The van der Waals surface area contributed by atoms with Crippen LogP contribution in [-0.4, -0.2) is 94.6 Å². The second-order valence-electron chi connectivity index (χ2n) is 11.7. The van der Waals surface area contributed by atoms with Crippen LogP contribution in [0.5, 0.6) is 11.5 Å². The summed E-state index contributed by atoms with van der Waals surface area (Å²) in [7, 11) is 8.59. The second kappa shape index (κ2) is 10.3. The first-order chi connectivity index (χ1) is 19.7. The summed E-state index contributed by atoms with van der Waals surface area (Å²) in [5, 5.41) is 45.3. The average Bonchev–Trinajstić information content (AvgIpc) is 2.90. The van der Waals surface area contributed by atoms with E-state index in [1.165, 1.54) is 11.0 Å². The molecule has 1 amide bonds. The van der Waals surface area contributed by atoms with Crippen molar-refractivity contribution >= 4 is 23.2 Å². The number of carbonyl (C=O) groups excluding carboxylic acids is 3. The number of ketones is 2. The number of nitrogens with zero attached hydrogens (tertiary/aromatic N) is 2. The molecule has 3 aliphatic rings. The van der Waals surface area contributed by atoms with E-state index in [0.29, 0.717) is 23.4 Å². The summed E-state index contributed by atoms with van der Waals surface area (Å²) in [4.78, 5) is 43.0. The topological polar surface area (TPSA) is 174 Å². The molecule has 5 rings (SSSR count). The van der Waals surface area contributed by atoms with E-state index >= 15 is 0 Å². The van der Waals surface area contributed by atoms with E-state index in [9.17, 15) is 34.8 Å². The van der Waals surface area contributed by atoms with E-state index in [4.69, 9.17) is 10.5 Å². The Hall–Kier alpha value is -4.19. The molecular formula is C31H35N3O8. The summed E-state index contributed by atoms with van der Waals surface area (Å²) in [5.41, 5.74) is 4.70. The number of Topliss-reactive ketones (excluding diaryl/α,β-unsaturated/α-hetero) is 2. The van der Waals surface area contributed by atoms with Crippen molar-refractivity contribution in [3.05, 3.63) is 63.9 Å². The normalized spacial score (nSPS) is 25.5. The van der Waals surface area contributed by atoms with Crippen molar-refractivity contribution in [2.24, 2.45) is 17.6 Å². The number of aliphatic hydroxyl groups excluding tert-OH is 2. The first kappa shape index (κ1) is 29.3. The highest BCUT2D eigenvalue weighted by molar-refractivity contribution is 6.24. The monoisotopic (exact) mass is 577 g/mol. The van der Waals surface area contributed by atoms with Gasteiger partial charge in [-0.05, 0) is 81.8 Å². The number of methoxy groups -OCH3 is 1. The number of primary amides is 1. The van der Waals surface area contributed by atoms with E-state index in [1.54, 1.807) is 27.3 Å². The molecule has 0 radical (unpaired) electrons. The van der Waals surface area contributed by atoms with Crippen LogP contribution in [0.4, 0.5) is 0 Å². The molecule has 0 aromatic heterocycles. The number of amides is 1. The maximum atomic E-state index is 14.1. The van der Waals surface area contributed by atoms with Gasteiger partial charge in [-0.2, -0.15) is 0 Å². The summed E-state index contributed by atoms with van der Waals surface area (Å²) in [6.07, 6.45) is 0.192. The first-order valence-corrected chi connectivity index (χ1v) is 13.6. The van der Waals surface area contributed by atoms with Gasteiger partial charge in [-0.1, -0.05) is 12.1 Å². The van der Waals surface area contributed by atoms with E-state index in [1.807, 2.05) is 37.2 Å². The molecule has 2 aromatic rings. The van der Waals surface area contributed by atoms with Crippen LogP contribution in [0.1, 0.15) is 23.1 Å². The molecule has 0 heterocycles. The minimum atomic E-state index is -2.68. The summed E-state index contributed by atoms with van der Waals surface area (Å²) in [5.74, 6) is -6.27. The first-order valence-electron chi connectivity index (χ1n) is 13.6. The van der Waals surface area contributed by atoms with Crippen LogP contribution in [0.15, 0.2) is 47.2 Å². The summed E-state index contributed by atoms with van der Waals surface area (Å²) >= 11 is 0. The predicted octanol–water partition coefficient (Wildman–Crippen LogP) is 1.70. The standard InChI is InChI=1S/C31H35N3O8/c1-33(2)13-14-6-9-21(42-5)17(10-14)16-7-8-20(35)23-18(16)11-15-12-19-25(34(3)4)27(37)24(30(32)40)29(39)31(19,41)28(38)22(15)26(23)36/h6-10,15,19,25,35-36,39,41H,11-13H2,1-5H3,(H2,32,40). The molecule has 0 aliphatic heterocycles. The van der Waals surface area contributed by atoms with Crippen molar-refractivity contribution in [1.29, 1.82) is 0 Å². The number of hydrogen-bond donors (Lipinski definition) is 5. The van der Waals surface area contributed by atoms with Gasteiger partial charge in [0.05, 0.1) is 18.7 Å². The second-order valence-corrected chi connectivity index (χ2v) is 11.7. The van der Waals surface area contributed by atoms with Gasteiger partial charge < -0.3 is 35.8 Å². The predicted molar refractivity (Wildman–Crippen MR) is 154 cm³/mol. The van der Waals surface area contributed by atoms with Crippen molar-refractivity contribution in [3.63, 3.8) is 0 Å². The Morgan fingerprint density at radius 1 is 1.07 bits per heavy atom. The molecule has 6 N–H and O–H groups in total. The van der Waals surface area contributed by atoms with Crippen molar-refractivity contribution < 1.29 is 39.5 Å². The fourth-order valence-corrected chi connectivity index (χ4v) is 6.93. The van der Waals surface area contributed by atoms with Crippen LogP contribution in [0.25, 0.3) is 16.9 Å². The highest BCUT2D eigenvalue weighted by Gasteiger charge is 2.64. The number of phenols is 1. The maximum absolute atomic E-state index is 14.1. The molecule has 1 saturated carbocycles. The van der Waals surface area contributed by atoms with Crippen molar-refractivity contribution in [2.75, 3.05) is 35.3 Å². The quantitative estimate of drug-likeness (QED) is 0.318. The molecule has 2 aromatic carbocycles. The van der Waals surface area contributed by atoms with Gasteiger partial charge in [0.25, 0.3) is 5.91 Å². The number of aliphatic hydroxyl groups is 3. The Bertz CT molecular complexity index is 1590. The van der Waals surface area contributed by atoms with Crippen LogP contribution in [0, 0.1) is 11.8 Å². The zero-order chi connectivity index (χ0) is 30.8. The third-order valence-electron chi connectivity index (χ3n) is 8.66. The highest BCUT2D eigenvalue weighted by Crippen LogP contribution is 2.54. The maximum Gasteiger partial charge on any atom is 0.255 e. The Morgan fingerprint density at radius 2 is 1.76 bits per heavy atom. The Kier molecular flexibility index (Phi) is 7.16. The molecule has 222 valence electrons. The number of likely N-dealkylation sites (N-methyl/N-ethyl adjacent to an activating group) is 1. The lowest BCUT2D eigenvalue weighted by atomic mass is 9.57. The molecule has 1 fully saturated rings. The lowest BCUT2D eigenvalue weighted by Gasteiger charge is -2.50. The number of ether oxygens (including phenoxy) is 1. The molecule has 0 saturated heterocycles. The minimum Gasteiger partial charge on any atom is -0.508 e. The molecule has 0 bridgehead atoms. The van der Waals surface area contributed by atoms with E-state index in [2.05, 4.69) is 0 Å². The third-order valence-corrected chi connectivity index (χ3v) is 8.66. The number of benzene rings is 2. The van der Waals surface area contributed by atoms with Crippen LogP contribution in [0.3, 0.4) is 0 Å². The number of nitrogens with two attached hydrogens (primary N) is 1. The van der Waals surface area contributed by atoms with Gasteiger partial charge in [-0.15, -0.1) is 0 Å². The van der Waals surface area contributed by atoms with Gasteiger partial charge in [0.1, 0.15) is 28.6 Å². The molecule has 0 spiro atoms. The minimum absolute atomic E-state index is 0.0126. The highest BCUT2D eigenvalue weighted by atomic mass is 16.5. The Morgan fingerprint density at radius 3 is 2.36 bits per heavy atom. The summed E-state index contributed by atoms with van der Waals surface area (Å²) in [6, 6.07) is 7.77. The molecule has 11 nitrogen and oxygen atoms in total. The number of phenolic OH excluding ortho intramolecular Hbond substituents is 1. The Balaban J connectivity index is 1.73.